The quantitative estimate of drug-likeness (QED) is 0.637. The molecule has 5 heavy (non-hydrogen) atoms. The van der Waals surface area contributed by atoms with Gasteiger partial charge in [0.2, 0.25) is 0 Å². The summed E-state index contributed by atoms with van der Waals surface area (Å²) in [6.45, 7) is 0. The van der Waals surface area contributed by atoms with Gasteiger partial charge in [-0.05, 0) is 0 Å². The Kier molecular flexibility index (Phi) is 8.93. The summed E-state index contributed by atoms with van der Waals surface area (Å²) >= 11 is 1.25. The molecular formula is CHO2PdPt. The SMILES string of the molecule is O=[C](O)[Pt].[Pd]. The van der Waals surface area contributed by atoms with Crippen molar-refractivity contribution in [2.45, 2.75) is 0 Å². The van der Waals surface area contributed by atoms with Crippen molar-refractivity contribution in [3.8, 4) is 0 Å². The topological polar surface area (TPSA) is 37.3 Å². The third kappa shape index (κ3) is 56.9. The summed E-state index contributed by atoms with van der Waals surface area (Å²) in [4.78, 5) is 8.99. The molecule has 2 nitrogen and oxygen atoms in total. The Hall–Kier alpha value is 0.821. The number of hydrogen-bond donors (Lipinski definition) is 1. The van der Waals surface area contributed by atoms with Crippen LogP contribution in [0.3, 0.4) is 0 Å². The number of rotatable bonds is 0. The molecule has 4 heteroatoms. The van der Waals surface area contributed by atoms with Crippen LogP contribution < -0.4 is 0 Å². The van der Waals surface area contributed by atoms with Crippen molar-refractivity contribution in [2.24, 2.45) is 0 Å². The summed E-state index contributed by atoms with van der Waals surface area (Å²) in [7, 11) is 0. The zero-order chi connectivity index (χ0) is 3.58. The van der Waals surface area contributed by atoms with E-state index >= 15 is 0 Å². The first-order chi connectivity index (χ1) is 1.73. The van der Waals surface area contributed by atoms with E-state index in [1.807, 2.05) is 0 Å². The van der Waals surface area contributed by atoms with E-state index in [0.717, 1.165) is 0 Å². The first-order valence-corrected chi connectivity index (χ1v) is 1.72. The van der Waals surface area contributed by atoms with Gasteiger partial charge in [0.15, 0.2) is 0 Å². The van der Waals surface area contributed by atoms with Gasteiger partial charge in [0, 0.05) is 20.4 Å². The van der Waals surface area contributed by atoms with E-state index in [2.05, 4.69) is 0 Å². The molecule has 0 saturated heterocycles. The van der Waals surface area contributed by atoms with Crippen LogP contribution in [0, 0.1) is 0 Å². The molecule has 0 heterocycles. The molecule has 0 spiro atoms. The van der Waals surface area contributed by atoms with Crippen LogP contribution in [0.1, 0.15) is 0 Å². The maximum atomic E-state index is 8.99. The summed E-state index contributed by atoms with van der Waals surface area (Å²) in [6, 6.07) is 0. The summed E-state index contributed by atoms with van der Waals surface area (Å²) in [6.07, 6.45) is 0. The van der Waals surface area contributed by atoms with Crippen LogP contribution in [0.25, 0.3) is 0 Å². The predicted molar refractivity (Wildman–Crippen MR) is 8.02 cm³/mol. The molecule has 37 valence electrons. The monoisotopic (exact) mass is 346 g/mol. The van der Waals surface area contributed by atoms with Crippen LogP contribution in [0.5, 0.6) is 0 Å². The molecule has 0 rings (SSSR count). The minimum atomic E-state index is -0.861. The Morgan fingerprint density at radius 3 is 1.80 bits per heavy atom. The van der Waals surface area contributed by atoms with Gasteiger partial charge in [-0.2, -0.15) is 0 Å². The fourth-order valence-electron chi connectivity index (χ4n) is 0. The number of carboxylic acid groups (broad SMARTS) is 1. The van der Waals surface area contributed by atoms with Gasteiger partial charge in [-0.25, -0.2) is 0 Å². The molecule has 0 aromatic rings. The van der Waals surface area contributed by atoms with Crippen LogP contribution in [0.4, 0.5) is 4.79 Å². The maximum absolute atomic E-state index is 8.99. The average molecular weight is 347 g/mol. The molecule has 0 radical (unpaired) electrons. The molecule has 0 aromatic heterocycles. The second-order valence-corrected chi connectivity index (χ2v) is 1.20. The first kappa shape index (κ1) is 9.27. The summed E-state index contributed by atoms with van der Waals surface area (Å²) < 4.78 is -0.861. The predicted octanol–water partition coefficient (Wildman–Crippen LogP) is 0.209. The molecule has 0 amide bonds. The van der Waals surface area contributed by atoms with Crippen molar-refractivity contribution in [3.05, 3.63) is 0 Å². The average Bonchev–Trinajstić information content (AvgIpc) is 0.811. The van der Waals surface area contributed by atoms with Crippen molar-refractivity contribution >= 4 is 4.36 Å². The van der Waals surface area contributed by atoms with E-state index in [0.29, 0.717) is 0 Å². The molecule has 0 bridgehead atoms. The van der Waals surface area contributed by atoms with E-state index in [1.54, 1.807) is 0 Å². The van der Waals surface area contributed by atoms with Gasteiger partial charge >= 0.3 is 34.1 Å². The van der Waals surface area contributed by atoms with Crippen LogP contribution in [-0.4, -0.2) is 9.47 Å². The Labute approximate surface area is 54.5 Å². The van der Waals surface area contributed by atoms with E-state index in [1.165, 1.54) is 19.8 Å². The Balaban J connectivity index is 0. The van der Waals surface area contributed by atoms with Gasteiger partial charge < -0.3 is 0 Å². The summed E-state index contributed by atoms with van der Waals surface area (Å²) in [5.74, 6) is 0. The molecule has 1 N–H and O–H groups in total. The third-order valence-electron chi connectivity index (χ3n) is 0. The van der Waals surface area contributed by atoms with Gasteiger partial charge in [-0.3, -0.25) is 0 Å². The molecule has 0 aliphatic heterocycles. The Morgan fingerprint density at radius 2 is 1.80 bits per heavy atom. The third-order valence-corrected chi connectivity index (χ3v) is 0. The smallest absolute Gasteiger partial charge is 0 e. The van der Waals surface area contributed by atoms with Gasteiger partial charge in [0.1, 0.15) is 0 Å². The molecule has 0 unspecified atom stereocenters. The number of hydrogen-bond acceptors (Lipinski definition) is 1. The van der Waals surface area contributed by atoms with Gasteiger partial charge in [0.05, 0.1) is 0 Å². The summed E-state index contributed by atoms with van der Waals surface area (Å²) in [5, 5.41) is 7.40. The zero-order valence-corrected chi connectivity index (χ0v) is 5.81. The van der Waals surface area contributed by atoms with Crippen molar-refractivity contribution in [2.75, 3.05) is 0 Å². The van der Waals surface area contributed by atoms with E-state index in [4.69, 9.17) is 9.90 Å². The molecule has 0 saturated carbocycles. The van der Waals surface area contributed by atoms with Gasteiger partial charge in [-0.15, -0.1) is 0 Å². The fraction of sp³-hybridized carbons (Fsp3) is 0. The van der Waals surface area contributed by atoms with E-state index < -0.39 is 4.36 Å². The van der Waals surface area contributed by atoms with Crippen LogP contribution in [0.2, 0.25) is 0 Å². The number of carbonyl (C=O) groups is 1. The maximum Gasteiger partial charge on any atom is 0 e. The molecule has 0 atom stereocenters. The minimum Gasteiger partial charge on any atom is 0 e. The molecule has 0 fully saturated rings. The normalized spacial score (nSPS) is 5.20. The zero-order valence-electron chi connectivity index (χ0n) is 1.99. The van der Waals surface area contributed by atoms with Crippen molar-refractivity contribution in [1.82, 2.24) is 0 Å². The molecule has 0 aliphatic carbocycles. The Morgan fingerprint density at radius 1 is 1.80 bits per heavy atom. The largest absolute Gasteiger partial charge is 0 e. The van der Waals surface area contributed by atoms with Gasteiger partial charge in [0.25, 0.3) is 0 Å². The van der Waals surface area contributed by atoms with E-state index in [-0.39, 0.29) is 20.4 Å². The van der Waals surface area contributed by atoms with Crippen LogP contribution in [0.15, 0.2) is 0 Å². The summed E-state index contributed by atoms with van der Waals surface area (Å²) in [5.41, 5.74) is 0. The van der Waals surface area contributed by atoms with Crippen molar-refractivity contribution < 1.29 is 50.1 Å². The van der Waals surface area contributed by atoms with Crippen molar-refractivity contribution in [1.29, 1.82) is 0 Å². The van der Waals surface area contributed by atoms with E-state index in [9.17, 15) is 0 Å². The van der Waals surface area contributed by atoms with Crippen LogP contribution >= 0.6 is 0 Å². The molecular weight excluding hydrogens is 346 g/mol. The molecule has 0 aliphatic rings. The standard InChI is InChI=1S/CHO2.Pd.Pt/c2-1-3;;/h(H,2,3);;. The first-order valence-electron chi connectivity index (χ1n) is 0.586. The second-order valence-electron chi connectivity index (χ2n) is 0.227. The van der Waals surface area contributed by atoms with Crippen LogP contribution in [-0.2, 0) is 40.2 Å². The Bertz CT molecular complexity index is 32.6. The van der Waals surface area contributed by atoms with Crippen molar-refractivity contribution in [3.63, 3.8) is 0 Å². The second kappa shape index (κ2) is 4.82. The van der Waals surface area contributed by atoms with Gasteiger partial charge in [-0.1, -0.05) is 0 Å². The fourth-order valence-corrected chi connectivity index (χ4v) is 0. The molecule has 0 aromatic carbocycles. The minimum absolute atomic E-state index is 0.